The lowest BCUT2D eigenvalue weighted by atomic mass is 9.98. The lowest BCUT2D eigenvalue weighted by Gasteiger charge is -2.19. The average molecular weight is 730 g/mol. The standard InChI is InChI=1S/C41H55N5O7/c1-5-42-38(47)17-11-25-52-31-20-19-30(37(26-31)51-4)27-46(3)24-23-43-39(48)21-18-29(2)45-40(49)16-10-22-44-41(50)53-28-36-34-14-8-6-12-32(34)33-13-7-9-15-35(33)36/h6-9,12-15,19-20,26,29,36H,5,10-11,16-18,21-25,27-28H2,1-4H3,(H,42,47)(H,43,48)(H,44,50)(H,45,49)/t29-/m1/s1. The van der Waals surface area contributed by atoms with Gasteiger partial charge in [-0.1, -0.05) is 54.6 Å². The number of methoxy groups -OCH3 is 1. The van der Waals surface area contributed by atoms with Crippen LogP contribution in [0.5, 0.6) is 11.5 Å². The SMILES string of the molecule is CCNC(=O)CCCOc1ccc(CN(C)CCNC(=O)CC[C@@H](C)NC(=O)CCCNC(=O)OCC2c3ccccc3-c3ccccc32)c(OC)c1. The van der Waals surface area contributed by atoms with Gasteiger partial charge in [0.05, 0.1) is 13.7 Å². The average Bonchev–Trinajstić information content (AvgIpc) is 3.47. The van der Waals surface area contributed by atoms with Crippen molar-refractivity contribution in [3.05, 3.63) is 83.4 Å². The highest BCUT2D eigenvalue weighted by Gasteiger charge is 2.29. The molecule has 12 nitrogen and oxygen atoms in total. The molecule has 0 unspecified atom stereocenters. The molecule has 0 saturated carbocycles. The quantitative estimate of drug-likeness (QED) is 0.104. The Labute approximate surface area is 313 Å². The van der Waals surface area contributed by atoms with Crippen LogP contribution in [0.2, 0.25) is 0 Å². The van der Waals surface area contributed by atoms with Crippen molar-refractivity contribution < 1.29 is 33.4 Å². The number of benzene rings is 3. The number of carbonyl (C=O) groups excluding carboxylic acids is 4. The van der Waals surface area contributed by atoms with Gasteiger partial charge >= 0.3 is 6.09 Å². The van der Waals surface area contributed by atoms with Crippen LogP contribution in [0.4, 0.5) is 4.79 Å². The number of fused-ring (bicyclic) bond motifs is 3. The van der Waals surface area contributed by atoms with Crippen LogP contribution in [-0.4, -0.2) is 88.3 Å². The number of ether oxygens (including phenoxy) is 3. The minimum atomic E-state index is -0.500. The van der Waals surface area contributed by atoms with E-state index in [4.69, 9.17) is 14.2 Å². The van der Waals surface area contributed by atoms with Gasteiger partial charge in [-0.25, -0.2) is 4.79 Å². The second-order valence-corrected chi connectivity index (χ2v) is 13.3. The molecule has 3 aromatic rings. The van der Waals surface area contributed by atoms with Crippen LogP contribution in [0.15, 0.2) is 66.7 Å². The van der Waals surface area contributed by atoms with Crippen LogP contribution in [0.3, 0.4) is 0 Å². The van der Waals surface area contributed by atoms with Crippen LogP contribution < -0.4 is 30.7 Å². The zero-order chi connectivity index (χ0) is 38.0. The first kappa shape index (κ1) is 40.7. The Balaban J connectivity index is 1.03. The van der Waals surface area contributed by atoms with E-state index in [1.54, 1.807) is 7.11 Å². The number of rotatable bonds is 22. The summed E-state index contributed by atoms with van der Waals surface area (Å²) in [4.78, 5) is 51.0. The molecule has 0 spiro atoms. The molecule has 3 aromatic carbocycles. The zero-order valence-electron chi connectivity index (χ0n) is 31.5. The molecule has 1 aliphatic carbocycles. The highest BCUT2D eigenvalue weighted by Crippen LogP contribution is 2.44. The second kappa shape index (κ2) is 21.4. The van der Waals surface area contributed by atoms with Crippen LogP contribution in [0, 0.1) is 0 Å². The van der Waals surface area contributed by atoms with Crippen molar-refractivity contribution in [1.29, 1.82) is 0 Å². The van der Waals surface area contributed by atoms with Gasteiger partial charge in [-0.15, -0.1) is 0 Å². The molecule has 0 saturated heterocycles. The molecule has 286 valence electrons. The number of likely N-dealkylation sites (N-methyl/N-ethyl adjacent to an activating group) is 1. The number of nitrogens with one attached hydrogen (secondary N) is 4. The summed E-state index contributed by atoms with van der Waals surface area (Å²) in [6.07, 6.45) is 2.10. The molecule has 0 radical (unpaired) electrons. The number of carbonyl (C=O) groups is 4. The van der Waals surface area contributed by atoms with Crippen LogP contribution in [0.1, 0.15) is 75.0 Å². The van der Waals surface area contributed by atoms with Crippen molar-refractivity contribution in [2.45, 2.75) is 70.9 Å². The maximum absolute atomic E-state index is 12.5. The summed E-state index contributed by atoms with van der Waals surface area (Å²) in [7, 11) is 3.59. The molecular formula is C41H55N5O7. The molecule has 4 amide bonds. The smallest absolute Gasteiger partial charge is 0.407 e. The Kier molecular flexibility index (Phi) is 16.4. The molecule has 0 fully saturated rings. The first-order valence-electron chi connectivity index (χ1n) is 18.6. The van der Waals surface area contributed by atoms with Gasteiger partial charge in [0.2, 0.25) is 17.7 Å². The summed E-state index contributed by atoms with van der Waals surface area (Å²) >= 11 is 0. The highest BCUT2D eigenvalue weighted by atomic mass is 16.5. The van der Waals surface area contributed by atoms with E-state index in [9.17, 15) is 19.2 Å². The van der Waals surface area contributed by atoms with Crippen molar-refractivity contribution in [3.63, 3.8) is 0 Å². The Morgan fingerprint density at radius 3 is 2.19 bits per heavy atom. The van der Waals surface area contributed by atoms with E-state index in [-0.39, 0.29) is 42.7 Å². The maximum atomic E-state index is 12.5. The number of amides is 4. The molecule has 0 aliphatic heterocycles. The minimum absolute atomic E-state index is 0.00581. The van der Waals surface area contributed by atoms with E-state index >= 15 is 0 Å². The van der Waals surface area contributed by atoms with Crippen LogP contribution in [0.25, 0.3) is 11.1 Å². The van der Waals surface area contributed by atoms with Crippen molar-refractivity contribution >= 4 is 23.8 Å². The minimum Gasteiger partial charge on any atom is -0.496 e. The van der Waals surface area contributed by atoms with Gasteiger partial charge in [0.15, 0.2) is 0 Å². The fourth-order valence-corrected chi connectivity index (χ4v) is 6.35. The summed E-state index contributed by atoms with van der Waals surface area (Å²) < 4.78 is 16.9. The number of hydrogen-bond acceptors (Lipinski definition) is 8. The summed E-state index contributed by atoms with van der Waals surface area (Å²) in [5.74, 6) is 1.22. The Bertz CT molecular complexity index is 1620. The Morgan fingerprint density at radius 2 is 1.49 bits per heavy atom. The molecular weight excluding hydrogens is 674 g/mol. The number of alkyl carbamates (subject to hydrolysis) is 1. The predicted octanol–water partition coefficient (Wildman–Crippen LogP) is 5.14. The molecule has 4 N–H and O–H groups in total. The van der Waals surface area contributed by atoms with Gasteiger partial charge in [0.25, 0.3) is 0 Å². The predicted molar refractivity (Wildman–Crippen MR) is 205 cm³/mol. The van der Waals surface area contributed by atoms with E-state index < -0.39 is 6.09 Å². The van der Waals surface area contributed by atoms with E-state index in [0.29, 0.717) is 82.9 Å². The van der Waals surface area contributed by atoms with Crippen molar-refractivity contribution in [3.8, 4) is 22.6 Å². The van der Waals surface area contributed by atoms with Gasteiger partial charge < -0.3 is 40.4 Å². The number of hydrogen-bond donors (Lipinski definition) is 4. The first-order valence-corrected chi connectivity index (χ1v) is 18.6. The lowest BCUT2D eigenvalue weighted by Crippen LogP contribution is -2.36. The molecule has 0 heterocycles. The molecule has 0 aromatic heterocycles. The van der Waals surface area contributed by atoms with Crippen LogP contribution in [-0.2, 0) is 25.7 Å². The fourth-order valence-electron chi connectivity index (χ4n) is 6.35. The summed E-state index contributed by atoms with van der Waals surface area (Å²) in [5.41, 5.74) is 5.65. The largest absolute Gasteiger partial charge is 0.496 e. The summed E-state index contributed by atoms with van der Waals surface area (Å²) in [5, 5.41) is 11.4. The lowest BCUT2D eigenvalue weighted by molar-refractivity contribution is -0.123. The van der Waals surface area contributed by atoms with Gasteiger partial charge in [0, 0.05) is 75.6 Å². The highest BCUT2D eigenvalue weighted by molar-refractivity contribution is 5.79. The Morgan fingerprint density at radius 1 is 0.811 bits per heavy atom. The van der Waals surface area contributed by atoms with Crippen molar-refractivity contribution in [2.24, 2.45) is 0 Å². The summed E-state index contributed by atoms with van der Waals surface area (Å²) in [6, 6.07) is 21.9. The first-order chi connectivity index (χ1) is 25.7. The third-order valence-electron chi connectivity index (χ3n) is 9.11. The molecule has 0 bridgehead atoms. The number of nitrogens with zero attached hydrogens (tertiary/aromatic N) is 1. The molecule has 1 atom stereocenters. The third-order valence-corrected chi connectivity index (χ3v) is 9.11. The van der Waals surface area contributed by atoms with Crippen molar-refractivity contribution in [2.75, 3.05) is 53.6 Å². The van der Waals surface area contributed by atoms with Gasteiger partial charge in [-0.2, -0.15) is 0 Å². The van der Waals surface area contributed by atoms with Gasteiger partial charge in [-0.3, -0.25) is 14.4 Å². The van der Waals surface area contributed by atoms with Crippen LogP contribution >= 0.6 is 0 Å². The zero-order valence-corrected chi connectivity index (χ0v) is 31.5. The van der Waals surface area contributed by atoms with E-state index in [0.717, 1.165) is 16.7 Å². The fraction of sp³-hybridized carbons (Fsp3) is 0.463. The topological polar surface area (TPSA) is 147 Å². The van der Waals surface area contributed by atoms with Gasteiger partial charge in [-0.05, 0) is 68.5 Å². The van der Waals surface area contributed by atoms with Gasteiger partial charge in [0.1, 0.15) is 18.1 Å². The van der Waals surface area contributed by atoms with E-state index in [1.165, 1.54) is 11.1 Å². The molecule has 4 rings (SSSR count). The normalized spacial score (nSPS) is 12.3. The van der Waals surface area contributed by atoms with E-state index in [2.05, 4.69) is 50.4 Å². The van der Waals surface area contributed by atoms with Crippen molar-refractivity contribution in [1.82, 2.24) is 26.2 Å². The summed E-state index contributed by atoms with van der Waals surface area (Å²) in [6.45, 7) is 7.16. The monoisotopic (exact) mass is 729 g/mol. The second-order valence-electron chi connectivity index (χ2n) is 13.3. The molecule has 53 heavy (non-hydrogen) atoms. The third kappa shape index (κ3) is 13.1. The molecule has 1 aliphatic rings. The maximum Gasteiger partial charge on any atom is 0.407 e. The van der Waals surface area contributed by atoms with E-state index in [1.807, 2.05) is 63.4 Å². The Hall–Kier alpha value is -5.10. The molecule has 12 heteroatoms.